The molecule has 2 aromatic heterocycles. The van der Waals surface area contributed by atoms with Gasteiger partial charge in [-0.05, 0) is 36.6 Å². The number of carbonyl (C=O) groups excluding carboxylic acids is 1. The summed E-state index contributed by atoms with van der Waals surface area (Å²) in [5, 5.41) is 15.6. The van der Waals surface area contributed by atoms with E-state index in [-0.39, 0.29) is 23.0 Å². The molecule has 0 saturated carbocycles. The Bertz CT molecular complexity index is 1290. The summed E-state index contributed by atoms with van der Waals surface area (Å²) in [7, 11) is 0. The maximum atomic E-state index is 12.6. The van der Waals surface area contributed by atoms with Gasteiger partial charge in [0.25, 0.3) is 5.69 Å². The minimum atomic E-state index is -0.486. The fraction of sp³-hybridized carbons (Fsp3) is 0.136. The van der Waals surface area contributed by atoms with Crippen molar-refractivity contribution in [1.29, 1.82) is 0 Å². The van der Waals surface area contributed by atoms with Gasteiger partial charge in [-0.25, -0.2) is 9.97 Å². The zero-order valence-electron chi connectivity index (χ0n) is 16.8. The number of aryl methyl sites for hydroxylation is 1. The summed E-state index contributed by atoms with van der Waals surface area (Å²) < 4.78 is 0. The predicted molar refractivity (Wildman–Crippen MR) is 125 cm³/mol. The highest BCUT2D eigenvalue weighted by molar-refractivity contribution is 8.00. The van der Waals surface area contributed by atoms with E-state index in [4.69, 9.17) is 0 Å². The van der Waals surface area contributed by atoms with Gasteiger partial charge in [-0.15, -0.1) is 11.3 Å². The molecule has 0 unspecified atom stereocenters. The average Bonchev–Trinajstić information content (AvgIpc) is 3.21. The van der Waals surface area contributed by atoms with Gasteiger partial charge in [0.1, 0.15) is 21.9 Å². The number of nitro benzene ring substituents is 1. The van der Waals surface area contributed by atoms with E-state index in [2.05, 4.69) is 15.3 Å². The molecule has 31 heavy (non-hydrogen) atoms. The number of thiophene rings is 1. The Hall–Kier alpha value is -3.30. The van der Waals surface area contributed by atoms with E-state index in [0.29, 0.717) is 10.6 Å². The van der Waals surface area contributed by atoms with E-state index < -0.39 is 4.92 Å². The van der Waals surface area contributed by atoms with E-state index in [1.165, 1.54) is 24.2 Å². The number of aromatic nitrogens is 2. The van der Waals surface area contributed by atoms with Crippen LogP contribution in [0, 0.1) is 24.0 Å². The number of hydrogen-bond donors (Lipinski definition) is 1. The van der Waals surface area contributed by atoms with Crippen molar-refractivity contribution in [1.82, 2.24) is 9.97 Å². The first-order valence-corrected chi connectivity index (χ1v) is 11.2. The molecule has 7 nitrogen and oxygen atoms in total. The van der Waals surface area contributed by atoms with Crippen LogP contribution in [0.4, 0.5) is 11.4 Å². The average molecular weight is 451 g/mol. The van der Waals surface area contributed by atoms with Gasteiger partial charge in [-0.3, -0.25) is 14.9 Å². The molecule has 0 saturated heterocycles. The Balaban J connectivity index is 1.54. The first-order valence-electron chi connectivity index (χ1n) is 9.41. The van der Waals surface area contributed by atoms with Gasteiger partial charge in [0.05, 0.1) is 10.7 Å². The quantitative estimate of drug-likeness (QED) is 0.177. The van der Waals surface area contributed by atoms with Gasteiger partial charge in [0, 0.05) is 16.3 Å². The summed E-state index contributed by atoms with van der Waals surface area (Å²) in [6.45, 7) is 3.61. The number of nitrogens with zero attached hydrogens (tertiary/aromatic N) is 3. The van der Waals surface area contributed by atoms with Crippen molar-refractivity contribution in [3.8, 4) is 10.4 Å². The third-order valence-electron chi connectivity index (χ3n) is 4.87. The van der Waals surface area contributed by atoms with Crippen molar-refractivity contribution in [3.05, 3.63) is 76.1 Å². The molecule has 1 N–H and O–H groups in total. The second-order valence-electron chi connectivity index (χ2n) is 6.87. The largest absolute Gasteiger partial charge is 0.319 e. The number of fused-ring (bicyclic) bond motifs is 1. The molecule has 0 spiro atoms. The van der Waals surface area contributed by atoms with Crippen molar-refractivity contribution < 1.29 is 9.72 Å². The fourth-order valence-corrected chi connectivity index (χ4v) is 4.96. The molecule has 0 aliphatic heterocycles. The first kappa shape index (κ1) is 21.0. The van der Waals surface area contributed by atoms with E-state index in [9.17, 15) is 14.9 Å². The van der Waals surface area contributed by atoms with Gasteiger partial charge in [0.15, 0.2) is 0 Å². The van der Waals surface area contributed by atoms with Crippen LogP contribution in [0.3, 0.4) is 0 Å². The Morgan fingerprint density at radius 2 is 1.94 bits per heavy atom. The lowest BCUT2D eigenvalue weighted by Gasteiger charge is -2.11. The Morgan fingerprint density at radius 1 is 1.16 bits per heavy atom. The van der Waals surface area contributed by atoms with Crippen molar-refractivity contribution in [2.75, 3.05) is 11.1 Å². The summed E-state index contributed by atoms with van der Waals surface area (Å²) in [6.07, 6.45) is 1.49. The lowest BCUT2D eigenvalue weighted by molar-refractivity contribution is -0.384. The highest BCUT2D eigenvalue weighted by Gasteiger charge is 2.20. The number of rotatable bonds is 6. The SMILES string of the molecule is Cc1ccc([N+](=O)[O-])c(NC(=O)CSc2ncnc3sc(-c4ccccc4)cc23)c1C. The molecule has 0 bridgehead atoms. The van der Waals surface area contributed by atoms with Gasteiger partial charge >= 0.3 is 0 Å². The highest BCUT2D eigenvalue weighted by Crippen LogP contribution is 2.36. The summed E-state index contributed by atoms with van der Waals surface area (Å²) in [6, 6.07) is 15.1. The normalized spacial score (nSPS) is 10.9. The zero-order chi connectivity index (χ0) is 22.0. The summed E-state index contributed by atoms with van der Waals surface area (Å²) in [5.74, 6) is -0.250. The molecule has 9 heteroatoms. The molecule has 0 aliphatic rings. The number of carbonyl (C=O) groups is 1. The third kappa shape index (κ3) is 4.42. The molecular weight excluding hydrogens is 432 g/mol. The molecule has 2 aromatic carbocycles. The van der Waals surface area contributed by atoms with Crippen LogP contribution in [0.2, 0.25) is 0 Å². The van der Waals surface area contributed by atoms with E-state index in [1.807, 2.05) is 43.3 Å². The molecule has 0 radical (unpaired) electrons. The molecule has 2 heterocycles. The summed E-state index contributed by atoms with van der Waals surface area (Å²) in [5.41, 5.74) is 2.78. The van der Waals surface area contributed by atoms with Crippen LogP contribution in [-0.2, 0) is 4.79 Å². The van der Waals surface area contributed by atoms with Crippen molar-refractivity contribution in [2.45, 2.75) is 18.9 Å². The summed E-state index contributed by atoms with van der Waals surface area (Å²) >= 11 is 2.85. The van der Waals surface area contributed by atoms with E-state index in [1.54, 1.807) is 24.3 Å². The third-order valence-corrected chi connectivity index (χ3v) is 6.96. The van der Waals surface area contributed by atoms with Gasteiger partial charge in [-0.2, -0.15) is 0 Å². The highest BCUT2D eigenvalue weighted by atomic mass is 32.2. The van der Waals surface area contributed by atoms with E-state index >= 15 is 0 Å². The Labute approximate surface area is 186 Å². The Kier molecular flexibility index (Phi) is 5.97. The first-order chi connectivity index (χ1) is 14.9. The number of amides is 1. The second-order valence-corrected chi connectivity index (χ2v) is 8.86. The van der Waals surface area contributed by atoms with Gasteiger partial charge in [0.2, 0.25) is 5.91 Å². The van der Waals surface area contributed by atoms with Gasteiger partial charge < -0.3 is 5.32 Å². The standard InChI is InChI=1S/C22H18N4O3S2/c1-13-8-9-17(26(28)29)20(14(13)2)25-19(27)11-30-21-16-10-18(15-6-4-3-5-7-15)31-22(16)24-12-23-21/h3-10,12H,11H2,1-2H3,(H,25,27). The van der Waals surface area contributed by atoms with Crippen LogP contribution in [0.15, 0.2) is 59.9 Å². The van der Waals surface area contributed by atoms with Crippen LogP contribution < -0.4 is 5.32 Å². The minimum absolute atomic E-state index is 0.0766. The number of anilines is 1. The van der Waals surface area contributed by atoms with Crippen LogP contribution in [0.25, 0.3) is 20.7 Å². The smallest absolute Gasteiger partial charge is 0.293 e. The second kappa shape index (κ2) is 8.83. The summed E-state index contributed by atoms with van der Waals surface area (Å²) in [4.78, 5) is 34.1. The molecule has 0 fully saturated rings. The predicted octanol–water partition coefficient (Wildman–Crippen LogP) is 5.61. The minimum Gasteiger partial charge on any atom is -0.319 e. The molecule has 0 atom stereocenters. The maximum absolute atomic E-state index is 12.6. The van der Waals surface area contributed by atoms with Crippen LogP contribution in [0.1, 0.15) is 11.1 Å². The van der Waals surface area contributed by atoms with Crippen molar-refractivity contribution >= 4 is 50.6 Å². The molecule has 156 valence electrons. The number of nitrogens with one attached hydrogen (secondary N) is 1. The van der Waals surface area contributed by atoms with E-state index in [0.717, 1.165) is 26.2 Å². The molecule has 0 aliphatic carbocycles. The molecule has 4 rings (SSSR count). The van der Waals surface area contributed by atoms with Crippen molar-refractivity contribution in [3.63, 3.8) is 0 Å². The number of nitro groups is 1. The fourth-order valence-electron chi connectivity index (χ4n) is 3.11. The zero-order valence-corrected chi connectivity index (χ0v) is 18.4. The van der Waals surface area contributed by atoms with Crippen LogP contribution in [-0.4, -0.2) is 26.6 Å². The Morgan fingerprint density at radius 3 is 2.68 bits per heavy atom. The topological polar surface area (TPSA) is 98.0 Å². The van der Waals surface area contributed by atoms with Gasteiger partial charge in [-0.1, -0.05) is 48.2 Å². The molecule has 4 aromatic rings. The monoisotopic (exact) mass is 450 g/mol. The lowest BCUT2D eigenvalue weighted by atomic mass is 10.1. The number of benzene rings is 2. The molecular formula is C22H18N4O3S2. The van der Waals surface area contributed by atoms with Crippen LogP contribution in [0.5, 0.6) is 0 Å². The van der Waals surface area contributed by atoms with Crippen LogP contribution >= 0.6 is 23.1 Å². The molecule has 1 amide bonds. The number of thioether (sulfide) groups is 1. The lowest BCUT2D eigenvalue weighted by Crippen LogP contribution is -2.16. The van der Waals surface area contributed by atoms with Crippen molar-refractivity contribution in [2.24, 2.45) is 0 Å². The number of hydrogen-bond acceptors (Lipinski definition) is 7. The maximum Gasteiger partial charge on any atom is 0.293 e.